The summed E-state index contributed by atoms with van der Waals surface area (Å²) in [5, 5.41) is 2.99. The van der Waals surface area contributed by atoms with E-state index >= 15 is 0 Å². The van der Waals surface area contributed by atoms with Crippen LogP contribution in [0.4, 0.5) is 5.69 Å². The van der Waals surface area contributed by atoms with Crippen LogP contribution in [0.15, 0.2) is 24.3 Å². The number of nitrogens with two attached hydrogens (primary N) is 1. The zero-order chi connectivity index (χ0) is 16.9. The highest BCUT2D eigenvalue weighted by Crippen LogP contribution is 2.25. The second kappa shape index (κ2) is 7.59. The Kier molecular flexibility index (Phi) is 5.77. The van der Waals surface area contributed by atoms with E-state index in [1.54, 1.807) is 0 Å². The van der Waals surface area contributed by atoms with Crippen molar-refractivity contribution in [3.8, 4) is 0 Å². The molecule has 0 spiro atoms. The topological polar surface area (TPSA) is 75.4 Å². The Bertz CT molecular complexity index is 542. The summed E-state index contributed by atoms with van der Waals surface area (Å²) in [7, 11) is 0. The molecular formula is C18H27N3O2. The lowest BCUT2D eigenvalue weighted by Crippen LogP contribution is -2.45. The maximum absolute atomic E-state index is 12.4. The highest BCUT2D eigenvalue weighted by atomic mass is 16.2. The predicted molar refractivity (Wildman–Crippen MR) is 91.9 cm³/mol. The number of hydrogen-bond acceptors (Lipinski definition) is 3. The van der Waals surface area contributed by atoms with Gasteiger partial charge in [-0.2, -0.15) is 0 Å². The number of hydrogen-bond donors (Lipinski definition) is 2. The van der Waals surface area contributed by atoms with Crippen molar-refractivity contribution in [3.05, 3.63) is 29.8 Å². The summed E-state index contributed by atoms with van der Waals surface area (Å²) in [5.74, 6) is 0.202. The Morgan fingerprint density at radius 2 is 1.91 bits per heavy atom. The van der Waals surface area contributed by atoms with Gasteiger partial charge in [-0.25, -0.2) is 0 Å². The summed E-state index contributed by atoms with van der Waals surface area (Å²) >= 11 is 0. The molecule has 2 rings (SSSR count). The highest BCUT2D eigenvalue weighted by Gasteiger charge is 2.32. The minimum Gasteiger partial charge on any atom is -0.352 e. The molecule has 1 aromatic rings. The molecule has 0 atom stereocenters. The Morgan fingerprint density at radius 3 is 2.39 bits per heavy atom. The summed E-state index contributed by atoms with van der Waals surface area (Å²) in [6, 6.07) is 7.81. The van der Waals surface area contributed by atoms with Gasteiger partial charge in [0.15, 0.2) is 0 Å². The largest absolute Gasteiger partial charge is 0.352 e. The van der Waals surface area contributed by atoms with Gasteiger partial charge in [0, 0.05) is 31.7 Å². The van der Waals surface area contributed by atoms with Crippen LogP contribution < -0.4 is 16.0 Å². The van der Waals surface area contributed by atoms with Gasteiger partial charge in [0.1, 0.15) is 0 Å². The van der Waals surface area contributed by atoms with Crippen molar-refractivity contribution in [1.29, 1.82) is 0 Å². The van der Waals surface area contributed by atoms with E-state index in [-0.39, 0.29) is 11.8 Å². The van der Waals surface area contributed by atoms with Gasteiger partial charge in [-0.1, -0.05) is 26.0 Å². The zero-order valence-corrected chi connectivity index (χ0v) is 14.1. The number of anilines is 1. The molecule has 1 aliphatic rings. The predicted octanol–water partition coefficient (Wildman–Crippen LogP) is 2.19. The zero-order valence-electron chi connectivity index (χ0n) is 14.1. The smallest absolute Gasteiger partial charge is 0.227 e. The highest BCUT2D eigenvalue weighted by molar-refractivity contribution is 5.95. The minimum atomic E-state index is -0.470. The summed E-state index contributed by atoms with van der Waals surface area (Å²) in [6.07, 6.45) is 3.03. The first-order chi connectivity index (χ1) is 11.1. The molecule has 2 amide bonds. The summed E-state index contributed by atoms with van der Waals surface area (Å²) in [6.45, 7) is 5.63. The molecule has 1 aliphatic heterocycles. The van der Waals surface area contributed by atoms with Crippen LogP contribution in [0, 0.1) is 5.41 Å². The molecule has 0 radical (unpaired) electrons. The maximum Gasteiger partial charge on any atom is 0.227 e. The van der Waals surface area contributed by atoms with Gasteiger partial charge >= 0.3 is 0 Å². The molecule has 5 nitrogen and oxygen atoms in total. The van der Waals surface area contributed by atoms with Crippen molar-refractivity contribution in [2.45, 2.75) is 46.1 Å². The standard InChI is InChI=1S/C18H27N3O2/c1-3-18(4-2,13-19)17(23)20-12-14-7-9-15(10-8-14)21-11-5-6-16(21)22/h7-10H,3-6,11-13,19H2,1-2H3,(H,20,23). The van der Waals surface area contributed by atoms with E-state index in [0.717, 1.165) is 37.1 Å². The summed E-state index contributed by atoms with van der Waals surface area (Å²) in [5.41, 5.74) is 7.28. The van der Waals surface area contributed by atoms with E-state index in [1.807, 2.05) is 43.0 Å². The maximum atomic E-state index is 12.4. The summed E-state index contributed by atoms with van der Waals surface area (Å²) < 4.78 is 0. The Hall–Kier alpha value is -1.88. The molecule has 0 aliphatic carbocycles. The van der Waals surface area contributed by atoms with Crippen molar-refractivity contribution in [3.63, 3.8) is 0 Å². The molecule has 23 heavy (non-hydrogen) atoms. The van der Waals surface area contributed by atoms with Crippen LogP contribution in [0.1, 0.15) is 45.1 Å². The molecule has 0 saturated carbocycles. The normalized spacial score (nSPS) is 15.1. The van der Waals surface area contributed by atoms with Crippen LogP contribution in [0.25, 0.3) is 0 Å². The molecule has 126 valence electrons. The fraction of sp³-hybridized carbons (Fsp3) is 0.556. The molecule has 0 unspecified atom stereocenters. The van der Waals surface area contributed by atoms with Gasteiger partial charge in [-0.3, -0.25) is 9.59 Å². The fourth-order valence-electron chi connectivity index (χ4n) is 3.04. The molecule has 0 aromatic heterocycles. The van der Waals surface area contributed by atoms with Crippen LogP contribution >= 0.6 is 0 Å². The molecule has 5 heteroatoms. The first-order valence-corrected chi connectivity index (χ1v) is 8.44. The monoisotopic (exact) mass is 317 g/mol. The first-order valence-electron chi connectivity index (χ1n) is 8.44. The number of carbonyl (C=O) groups is 2. The van der Waals surface area contributed by atoms with Gasteiger partial charge < -0.3 is 16.0 Å². The molecular weight excluding hydrogens is 290 g/mol. The van der Waals surface area contributed by atoms with Crippen LogP contribution in [0.5, 0.6) is 0 Å². The average Bonchev–Trinajstić information content (AvgIpc) is 3.01. The van der Waals surface area contributed by atoms with Crippen LogP contribution in [0.2, 0.25) is 0 Å². The lowest BCUT2D eigenvalue weighted by Gasteiger charge is -2.28. The fourth-order valence-corrected chi connectivity index (χ4v) is 3.04. The van der Waals surface area contributed by atoms with Crippen LogP contribution in [0.3, 0.4) is 0 Å². The third-order valence-electron chi connectivity index (χ3n) is 5.00. The first kappa shape index (κ1) is 17.5. The molecule has 1 fully saturated rings. The molecule has 1 saturated heterocycles. The third-order valence-corrected chi connectivity index (χ3v) is 5.00. The Morgan fingerprint density at radius 1 is 1.26 bits per heavy atom. The van der Waals surface area contributed by atoms with Gasteiger partial charge in [0.2, 0.25) is 11.8 Å². The molecule has 1 aromatic carbocycles. The number of amides is 2. The van der Waals surface area contributed by atoms with E-state index in [4.69, 9.17) is 5.73 Å². The Balaban J connectivity index is 1.96. The van der Waals surface area contributed by atoms with E-state index in [0.29, 0.717) is 19.5 Å². The summed E-state index contributed by atoms with van der Waals surface area (Å²) in [4.78, 5) is 26.0. The second-order valence-corrected chi connectivity index (χ2v) is 6.19. The number of nitrogens with one attached hydrogen (secondary N) is 1. The molecule has 1 heterocycles. The van der Waals surface area contributed by atoms with Crippen LogP contribution in [-0.2, 0) is 16.1 Å². The number of benzene rings is 1. The molecule has 0 bridgehead atoms. The van der Waals surface area contributed by atoms with Gasteiger partial charge in [0.05, 0.1) is 5.41 Å². The lowest BCUT2D eigenvalue weighted by molar-refractivity contribution is -0.131. The quantitative estimate of drug-likeness (QED) is 0.809. The Labute approximate surface area is 138 Å². The third kappa shape index (κ3) is 3.72. The number of nitrogens with zero attached hydrogens (tertiary/aromatic N) is 1. The van der Waals surface area contributed by atoms with Crippen molar-refractivity contribution >= 4 is 17.5 Å². The minimum absolute atomic E-state index is 0.0174. The number of carbonyl (C=O) groups excluding carboxylic acids is 2. The SMILES string of the molecule is CCC(CC)(CN)C(=O)NCc1ccc(N2CCCC2=O)cc1. The van der Waals surface area contributed by atoms with E-state index in [2.05, 4.69) is 5.32 Å². The van der Waals surface area contributed by atoms with Crippen molar-refractivity contribution < 1.29 is 9.59 Å². The van der Waals surface area contributed by atoms with E-state index in [9.17, 15) is 9.59 Å². The van der Waals surface area contributed by atoms with Crippen molar-refractivity contribution in [2.75, 3.05) is 18.0 Å². The van der Waals surface area contributed by atoms with Gasteiger partial charge in [-0.05, 0) is 37.0 Å². The van der Waals surface area contributed by atoms with Crippen molar-refractivity contribution in [2.24, 2.45) is 11.1 Å². The van der Waals surface area contributed by atoms with Gasteiger partial charge in [-0.15, -0.1) is 0 Å². The van der Waals surface area contributed by atoms with Crippen molar-refractivity contribution in [1.82, 2.24) is 5.32 Å². The van der Waals surface area contributed by atoms with E-state index < -0.39 is 5.41 Å². The second-order valence-electron chi connectivity index (χ2n) is 6.19. The van der Waals surface area contributed by atoms with Crippen LogP contribution in [-0.4, -0.2) is 24.9 Å². The molecule has 3 N–H and O–H groups in total. The van der Waals surface area contributed by atoms with E-state index in [1.165, 1.54) is 0 Å². The lowest BCUT2D eigenvalue weighted by atomic mass is 9.81. The number of rotatable bonds is 7. The average molecular weight is 317 g/mol. The van der Waals surface area contributed by atoms with Gasteiger partial charge in [0.25, 0.3) is 0 Å².